The lowest BCUT2D eigenvalue weighted by molar-refractivity contribution is 0.102. The summed E-state index contributed by atoms with van der Waals surface area (Å²) in [6.45, 7) is 1.89. The highest BCUT2D eigenvalue weighted by molar-refractivity contribution is 7.80. The maximum Gasteiger partial charge on any atom is 0.193 e. The number of rotatable bonds is 3. The van der Waals surface area contributed by atoms with Crippen molar-refractivity contribution in [3.05, 3.63) is 83.1 Å². The van der Waals surface area contributed by atoms with Crippen LogP contribution in [0.1, 0.15) is 28.9 Å². The molecule has 110 valence electrons. The molecule has 1 atom stereocenters. The first kappa shape index (κ1) is 14.5. The van der Waals surface area contributed by atoms with Gasteiger partial charge in [-0.3, -0.25) is 4.79 Å². The zero-order valence-electron chi connectivity index (χ0n) is 12.2. The van der Waals surface area contributed by atoms with Gasteiger partial charge in [-0.1, -0.05) is 60.7 Å². The monoisotopic (exact) mass is 308 g/mol. The van der Waals surface area contributed by atoms with Crippen LogP contribution in [-0.4, -0.2) is 10.9 Å². The highest BCUT2D eigenvalue weighted by Crippen LogP contribution is 2.29. The van der Waals surface area contributed by atoms with Crippen LogP contribution in [0, 0.1) is 0 Å². The van der Waals surface area contributed by atoms with Gasteiger partial charge in [0.2, 0.25) is 0 Å². The fourth-order valence-electron chi connectivity index (χ4n) is 2.64. The Bertz CT molecular complexity index is 738. The van der Waals surface area contributed by atoms with Gasteiger partial charge in [0.25, 0.3) is 0 Å². The predicted molar refractivity (Wildman–Crippen MR) is 91.5 cm³/mol. The molecule has 0 spiro atoms. The third kappa shape index (κ3) is 2.78. The molecule has 3 nitrogen and oxygen atoms in total. The number of benzene rings is 2. The molecule has 0 unspecified atom stereocenters. The Morgan fingerprint density at radius 1 is 1.00 bits per heavy atom. The molecular formula is C18H16N2OS. The van der Waals surface area contributed by atoms with Crippen LogP contribution in [0.25, 0.3) is 0 Å². The molecule has 22 heavy (non-hydrogen) atoms. The summed E-state index contributed by atoms with van der Waals surface area (Å²) in [7, 11) is 0. The molecule has 0 bridgehead atoms. The number of allylic oxidation sites excluding steroid dienone is 1. The number of hydrogen-bond acceptors (Lipinski definition) is 2. The first-order chi connectivity index (χ1) is 10.7. The average Bonchev–Trinajstić information content (AvgIpc) is 2.55. The molecule has 0 amide bonds. The second-order valence-corrected chi connectivity index (χ2v) is 5.58. The lowest BCUT2D eigenvalue weighted by Crippen LogP contribution is -2.44. The van der Waals surface area contributed by atoms with Gasteiger partial charge in [-0.25, -0.2) is 0 Å². The molecule has 2 aromatic carbocycles. The minimum atomic E-state index is -0.234. The Balaban J connectivity index is 2.06. The maximum absolute atomic E-state index is 12.9. The van der Waals surface area contributed by atoms with Gasteiger partial charge >= 0.3 is 0 Å². The second-order valence-electron chi connectivity index (χ2n) is 5.18. The van der Waals surface area contributed by atoms with Gasteiger partial charge in [-0.15, -0.1) is 0 Å². The van der Waals surface area contributed by atoms with Crippen molar-refractivity contribution in [1.29, 1.82) is 0 Å². The smallest absolute Gasteiger partial charge is 0.193 e. The van der Waals surface area contributed by atoms with Gasteiger partial charge in [0.1, 0.15) is 0 Å². The maximum atomic E-state index is 12.9. The molecule has 1 aliphatic rings. The largest absolute Gasteiger partial charge is 0.351 e. The summed E-state index contributed by atoms with van der Waals surface area (Å²) in [5, 5.41) is 6.80. The van der Waals surface area contributed by atoms with E-state index < -0.39 is 0 Å². The van der Waals surface area contributed by atoms with Crippen molar-refractivity contribution in [3.63, 3.8) is 0 Å². The van der Waals surface area contributed by atoms with Crippen LogP contribution in [0.15, 0.2) is 71.9 Å². The quantitative estimate of drug-likeness (QED) is 0.674. The van der Waals surface area contributed by atoms with Crippen LogP contribution in [0.3, 0.4) is 0 Å². The minimum absolute atomic E-state index is 0.00875. The number of hydrogen-bond donors (Lipinski definition) is 2. The zero-order chi connectivity index (χ0) is 15.5. The summed E-state index contributed by atoms with van der Waals surface area (Å²) in [4.78, 5) is 12.9. The first-order valence-corrected chi connectivity index (χ1v) is 7.50. The van der Waals surface area contributed by atoms with Crippen molar-refractivity contribution in [2.45, 2.75) is 13.0 Å². The van der Waals surface area contributed by atoms with Crippen molar-refractivity contribution < 1.29 is 4.79 Å². The fraction of sp³-hybridized carbons (Fsp3) is 0.111. The van der Waals surface area contributed by atoms with Crippen LogP contribution < -0.4 is 10.6 Å². The van der Waals surface area contributed by atoms with Gasteiger partial charge in [0.05, 0.1) is 6.04 Å². The molecule has 0 radical (unpaired) electrons. The molecule has 1 aliphatic heterocycles. The number of nitrogens with one attached hydrogen (secondary N) is 2. The highest BCUT2D eigenvalue weighted by Gasteiger charge is 2.30. The van der Waals surface area contributed by atoms with E-state index in [1.165, 1.54) is 0 Å². The molecule has 3 rings (SSSR count). The summed E-state index contributed by atoms with van der Waals surface area (Å²) in [5.41, 5.74) is 3.19. The average molecular weight is 308 g/mol. The summed E-state index contributed by atoms with van der Waals surface area (Å²) in [5.74, 6) is 0.00875. The summed E-state index contributed by atoms with van der Waals surface area (Å²) >= 11 is 5.25. The van der Waals surface area contributed by atoms with Crippen molar-refractivity contribution in [3.8, 4) is 0 Å². The molecule has 0 aliphatic carbocycles. The molecule has 2 N–H and O–H groups in total. The SMILES string of the molecule is CC1=C(C(=O)c2ccccc2)[C@H](c2ccccc2)NC(=S)N1. The van der Waals surface area contributed by atoms with E-state index in [0.717, 1.165) is 11.3 Å². The van der Waals surface area contributed by atoms with Crippen molar-refractivity contribution >= 4 is 23.1 Å². The molecule has 0 saturated heterocycles. The van der Waals surface area contributed by atoms with E-state index in [-0.39, 0.29) is 11.8 Å². The minimum Gasteiger partial charge on any atom is -0.351 e. The number of carbonyl (C=O) groups is 1. The summed E-state index contributed by atoms with van der Waals surface area (Å²) in [6, 6.07) is 18.9. The number of Topliss-reactive ketones (excluding diaryl/α,β-unsaturated/α-hetero) is 1. The topological polar surface area (TPSA) is 41.1 Å². The summed E-state index contributed by atoms with van der Waals surface area (Å²) in [6.07, 6.45) is 0. The van der Waals surface area contributed by atoms with Crippen LogP contribution in [0.4, 0.5) is 0 Å². The standard InChI is InChI=1S/C18H16N2OS/c1-12-15(17(21)14-10-6-3-7-11-14)16(20-18(22)19-12)13-8-4-2-5-9-13/h2-11,16H,1H3,(H2,19,20,22)/t16-/m0/s1. The summed E-state index contributed by atoms with van der Waals surface area (Å²) < 4.78 is 0. The number of ketones is 1. The Kier molecular flexibility index (Phi) is 4.02. The van der Waals surface area contributed by atoms with E-state index >= 15 is 0 Å². The van der Waals surface area contributed by atoms with E-state index in [2.05, 4.69) is 10.6 Å². The van der Waals surface area contributed by atoms with Crippen LogP contribution in [0.5, 0.6) is 0 Å². The molecule has 4 heteroatoms. The van der Waals surface area contributed by atoms with Crippen molar-refractivity contribution in [1.82, 2.24) is 10.6 Å². The van der Waals surface area contributed by atoms with E-state index in [1.54, 1.807) is 0 Å². The van der Waals surface area contributed by atoms with Crippen molar-refractivity contribution in [2.24, 2.45) is 0 Å². The highest BCUT2D eigenvalue weighted by atomic mass is 32.1. The third-order valence-electron chi connectivity index (χ3n) is 3.68. The van der Waals surface area contributed by atoms with Crippen LogP contribution >= 0.6 is 12.2 Å². The molecular weight excluding hydrogens is 292 g/mol. The van der Waals surface area contributed by atoms with E-state index in [1.807, 2.05) is 67.6 Å². The number of thiocarbonyl (C=S) groups is 1. The molecule has 1 heterocycles. The van der Waals surface area contributed by atoms with E-state index in [9.17, 15) is 4.79 Å². The lowest BCUT2D eigenvalue weighted by atomic mass is 9.90. The Morgan fingerprint density at radius 3 is 2.23 bits per heavy atom. The van der Waals surface area contributed by atoms with E-state index in [0.29, 0.717) is 16.2 Å². The second kappa shape index (κ2) is 6.12. The van der Waals surface area contributed by atoms with Gasteiger partial charge in [-0.05, 0) is 24.7 Å². The Labute approximate surface area is 135 Å². The molecule has 0 saturated carbocycles. The van der Waals surface area contributed by atoms with Crippen LogP contribution in [-0.2, 0) is 0 Å². The molecule has 0 fully saturated rings. The lowest BCUT2D eigenvalue weighted by Gasteiger charge is -2.30. The van der Waals surface area contributed by atoms with Gasteiger partial charge in [0, 0.05) is 16.8 Å². The number of carbonyl (C=O) groups excluding carboxylic acids is 1. The predicted octanol–water partition coefficient (Wildman–Crippen LogP) is 3.36. The van der Waals surface area contributed by atoms with Gasteiger partial charge in [0.15, 0.2) is 10.9 Å². The van der Waals surface area contributed by atoms with Crippen molar-refractivity contribution in [2.75, 3.05) is 0 Å². The van der Waals surface area contributed by atoms with Gasteiger partial charge in [-0.2, -0.15) is 0 Å². The van der Waals surface area contributed by atoms with Crippen LogP contribution in [0.2, 0.25) is 0 Å². The third-order valence-corrected chi connectivity index (χ3v) is 3.90. The normalized spacial score (nSPS) is 17.7. The first-order valence-electron chi connectivity index (χ1n) is 7.10. The van der Waals surface area contributed by atoms with Gasteiger partial charge < -0.3 is 10.6 Å². The van der Waals surface area contributed by atoms with E-state index in [4.69, 9.17) is 12.2 Å². The zero-order valence-corrected chi connectivity index (χ0v) is 13.0. The fourth-order valence-corrected chi connectivity index (χ4v) is 2.91. The molecule has 2 aromatic rings. The Hall–Kier alpha value is -2.46. The molecule has 0 aromatic heterocycles. The Morgan fingerprint density at radius 2 is 1.59 bits per heavy atom.